The summed E-state index contributed by atoms with van der Waals surface area (Å²) in [6.07, 6.45) is -3.18. The fraction of sp³-hybridized carbons (Fsp3) is 0.0667. The molecular formula is C15H8F3NO3. The molecule has 0 amide bonds. The van der Waals surface area contributed by atoms with Gasteiger partial charge in [-0.2, -0.15) is 13.2 Å². The molecule has 2 heterocycles. The van der Waals surface area contributed by atoms with Crippen LogP contribution in [0.3, 0.4) is 0 Å². The van der Waals surface area contributed by atoms with E-state index in [1.54, 1.807) is 0 Å². The van der Waals surface area contributed by atoms with Crippen LogP contribution in [0.25, 0.3) is 22.2 Å². The minimum Gasteiger partial charge on any atom is -0.505 e. The third-order valence-electron chi connectivity index (χ3n) is 3.12. The molecule has 3 rings (SSSR count). The quantitative estimate of drug-likeness (QED) is 0.746. The van der Waals surface area contributed by atoms with Gasteiger partial charge >= 0.3 is 11.8 Å². The van der Waals surface area contributed by atoms with Crippen LogP contribution in [0.1, 0.15) is 5.56 Å². The molecular weight excluding hydrogens is 299 g/mol. The first-order valence-electron chi connectivity index (χ1n) is 6.16. The summed E-state index contributed by atoms with van der Waals surface area (Å²) in [6.45, 7) is 0. The Labute approximate surface area is 121 Å². The largest absolute Gasteiger partial charge is 0.505 e. The van der Waals surface area contributed by atoms with E-state index in [0.29, 0.717) is 0 Å². The predicted molar refractivity (Wildman–Crippen MR) is 72.4 cm³/mol. The Balaban J connectivity index is 2.29. The number of pyridine rings is 1. The van der Waals surface area contributed by atoms with Crippen molar-refractivity contribution in [3.05, 3.63) is 58.6 Å². The number of aromatic nitrogens is 1. The molecule has 2 aromatic heterocycles. The molecule has 112 valence electrons. The maximum absolute atomic E-state index is 12.8. The lowest BCUT2D eigenvalue weighted by Gasteiger charge is -2.09. The summed E-state index contributed by atoms with van der Waals surface area (Å²) in [7, 11) is 0. The molecule has 0 spiro atoms. The van der Waals surface area contributed by atoms with E-state index in [0.717, 1.165) is 18.2 Å². The topological polar surface area (TPSA) is 63.3 Å². The first-order valence-corrected chi connectivity index (χ1v) is 6.16. The normalized spacial score (nSPS) is 11.8. The molecule has 0 aliphatic rings. The molecule has 0 aliphatic heterocycles. The summed E-state index contributed by atoms with van der Waals surface area (Å²) in [5, 5.41) is 10.2. The number of aromatic hydroxyl groups is 1. The Morgan fingerprint density at radius 1 is 1.14 bits per heavy atom. The minimum absolute atomic E-state index is 0.00881. The highest BCUT2D eigenvalue weighted by Gasteiger charge is 2.31. The van der Waals surface area contributed by atoms with Crippen LogP contribution in [0.4, 0.5) is 13.2 Å². The number of hydrogen-bond donors (Lipinski definition) is 1. The number of rotatable bonds is 1. The summed E-state index contributed by atoms with van der Waals surface area (Å²) in [5.74, 6) is -0.508. The lowest BCUT2D eigenvalue weighted by Crippen LogP contribution is -2.07. The molecule has 0 aliphatic carbocycles. The Kier molecular flexibility index (Phi) is 3.13. The molecule has 0 atom stereocenters. The van der Waals surface area contributed by atoms with E-state index in [1.807, 2.05) is 0 Å². The highest BCUT2D eigenvalue weighted by molar-refractivity contribution is 5.86. The maximum Gasteiger partial charge on any atom is 0.416 e. The smallest absolute Gasteiger partial charge is 0.416 e. The van der Waals surface area contributed by atoms with Crippen LogP contribution < -0.4 is 5.63 Å². The second kappa shape index (κ2) is 4.87. The third-order valence-corrected chi connectivity index (χ3v) is 3.12. The van der Waals surface area contributed by atoms with E-state index < -0.39 is 23.1 Å². The number of benzene rings is 1. The maximum atomic E-state index is 12.8. The number of alkyl halides is 3. The Hall–Kier alpha value is -2.83. The van der Waals surface area contributed by atoms with Crippen molar-refractivity contribution in [3.63, 3.8) is 0 Å². The first kappa shape index (κ1) is 14.1. The van der Waals surface area contributed by atoms with Crippen LogP contribution in [0.2, 0.25) is 0 Å². The lowest BCUT2D eigenvalue weighted by atomic mass is 10.0. The molecule has 3 aromatic rings. The van der Waals surface area contributed by atoms with E-state index in [-0.39, 0.29) is 22.2 Å². The van der Waals surface area contributed by atoms with E-state index in [4.69, 9.17) is 4.42 Å². The molecule has 0 bridgehead atoms. The van der Waals surface area contributed by atoms with Gasteiger partial charge < -0.3 is 9.52 Å². The van der Waals surface area contributed by atoms with Gasteiger partial charge in [-0.25, -0.2) is 9.78 Å². The summed E-state index contributed by atoms with van der Waals surface area (Å²) in [5.41, 5.74) is -2.23. The molecule has 0 fully saturated rings. The average molecular weight is 307 g/mol. The molecule has 0 radical (unpaired) electrons. The number of nitrogens with zero attached hydrogens (tertiary/aromatic N) is 1. The standard InChI is InChI=1S/C15H8F3NO3/c16-15(17,18)9-4-1-3-8(7-9)11-13(20)12-10(22-14(11)21)5-2-6-19-12/h1-7,20H. The van der Waals surface area contributed by atoms with Gasteiger partial charge in [-0.3, -0.25) is 0 Å². The fourth-order valence-corrected chi connectivity index (χ4v) is 2.12. The van der Waals surface area contributed by atoms with Gasteiger partial charge in [0.25, 0.3) is 0 Å². The first-order chi connectivity index (χ1) is 10.4. The summed E-state index contributed by atoms with van der Waals surface area (Å²) >= 11 is 0. The highest BCUT2D eigenvalue weighted by Crippen LogP contribution is 2.35. The van der Waals surface area contributed by atoms with Crippen molar-refractivity contribution in [2.75, 3.05) is 0 Å². The molecule has 0 saturated heterocycles. The number of hydrogen-bond acceptors (Lipinski definition) is 4. The van der Waals surface area contributed by atoms with Crippen LogP contribution in [0, 0.1) is 0 Å². The molecule has 0 saturated carbocycles. The van der Waals surface area contributed by atoms with Crippen molar-refractivity contribution in [3.8, 4) is 16.9 Å². The Bertz CT molecular complexity index is 916. The average Bonchev–Trinajstić information content (AvgIpc) is 2.47. The van der Waals surface area contributed by atoms with Gasteiger partial charge in [0, 0.05) is 6.20 Å². The van der Waals surface area contributed by atoms with E-state index >= 15 is 0 Å². The van der Waals surface area contributed by atoms with Gasteiger partial charge in [0.15, 0.2) is 11.3 Å². The van der Waals surface area contributed by atoms with Gasteiger partial charge in [-0.05, 0) is 29.8 Å². The van der Waals surface area contributed by atoms with Gasteiger partial charge in [0.05, 0.1) is 5.56 Å². The molecule has 4 nitrogen and oxygen atoms in total. The van der Waals surface area contributed by atoms with Crippen LogP contribution in [-0.4, -0.2) is 10.1 Å². The Morgan fingerprint density at radius 2 is 1.91 bits per heavy atom. The molecule has 22 heavy (non-hydrogen) atoms. The summed E-state index contributed by atoms with van der Waals surface area (Å²) < 4.78 is 43.3. The molecule has 1 N–H and O–H groups in total. The fourth-order valence-electron chi connectivity index (χ4n) is 2.12. The third kappa shape index (κ3) is 2.30. The molecule has 1 aromatic carbocycles. The van der Waals surface area contributed by atoms with Crippen molar-refractivity contribution < 1.29 is 22.7 Å². The van der Waals surface area contributed by atoms with Gasteiger partial charge in [0.2, 0.25) is 0 Å². The van der Waals surface area contributed by atoms with Crippen molar-refractivity contribution in [2.24, 2.45) is 0 Å². The van der Waals surface area contributed by atoms with Crippen LogP contribution >= 0.6 is 0 Å². The summed E-state index contributed by atoms with van der Waals surface area (Å²) in [4.78, 5) is 15.9. The van der Waals surface area contributed by atoms with Crippen molar-refractivity contribution in [1.29, 1.82) is 0 Å². The van der Waals surface area contributed by atoms with Gasteiger partial charge in [0.1, 0.15) is 11.1 Å². The van der Waals surface area contributed by atoms with Crippen molar-refractivity contribution >= 4 is 11.1 Å². The van der Waals surface area contributed by atoms with E-state index in [1.165, 1.54) is 24.4 Å². The zero-order chi connectivity index (χ0) is 15.9. The monoisotopic (exact) mass is 307 g/mol. The minimum atomic E-state index is -4.55. The predicted octanol–water partition coefficient (Wildman–Crippen LogP) is 3.58. The SMILES string of the molecule is O=c1oc2cccnc2c(O)c1-c1cccc(C(F)(F)F)c1. The van der Waals surface area contributed by atoms with E-state index in [2.05, 4.69) is 4.98 Å². The zero-order valence-electron chi connectivity index (χ0n) is 10.9. The Morgan fingerprint density at radius 3 is 2.64 bits per heavy atom. The number of halogens is 3. The van der Waals surface area contributed by atoms with Crippen molar-refractivity contribution in [2.45, 2.75) is 6.18 Å². The van der Waals surface area contributed by atoms with Gasteiger partial charge in [-0.15, -0.1) is 0 Å². The lowest BCUT2D eigenvalue weighted by molar-refractivity contribution is -0.137. The van der Waals surface area contributed by atoms with Gasteiger partial charge in [-0.1, -0.05) is 12.1 Å². The summed E-state index contributed by atoms with van der Waals surface area (Å²) in [6, 6.07) is 7.03. The highest BCUT2D eigenvalue weighted by atomic mass is 19.4. The molecule has 0 unspecified atom stereocenters. The van der Waals surface area contributed by atoms with Crippen LogP contribution in [0.5, 0.6) is 5.75 Å². The van der Waals surface area contributed by atoms with E-state index in [9.17, 15) is 23.1 Å². The second-order valence-corrected chi connectivity index (χ2v) is 4.54. The second-order valence-electron chi connectivity index (χ2n) is 4.54. The van der Waals surface area contributed by atoms with Crippen molar-refractivity contribution in [1.82, 2.24) is 4.98 Å². The van der Waals surface area contributed by atoms with Crippen LogP contribution in [-0.2, 0) is 6.18 Å². The number of fused-ring (bicyclic) bond motifs is 1. The zero-order valence-corrected chi connectivity index (χ0v) is 10.9. The molecule has 7 heteroatoms. The van der Waals surface area contributed by atoms with Crippen LogP contribution in [0.15, 0.2) is 51.8 Å².